The zero-order valence-electron chi connectivity index (χ0n) is 11.2. The lowest BCUT2D eigenvalue weighted by atomic mass is 10.2. The van der Waals surface area contributed by atoms with Crippen LogP contribution in [0.3, 0.4) is 0 Å². The first kappa shape index (κ1) is 14.8. The zero-order chi connectivity index (χ0) is 14.5. The minimum absolute atomic E-state index is 0.367. The fourth-order valence-electron chi connectivity index (χ4n) is 1.68. The van der Waals surface area contributed by atoms with Crippen LogP contribution in [0.15, 0.2) is 36.4 Å². The van der Waals surface area contributed by atoms with Crippen molar-refractivity contribution in [3.8, 4) is 23.0 Å². The summed E-state index contributed by atoms with van der Waals surface area (Å²) in [5.41, 5.74) is 0.865. The van der Waals surface area contributed by atoms with E-state index in [2.05, 4.69) is 0 Å². The van der Waals surface area contributed by atoms with Crippen molar-refractivity contribution in [1.29, 1.82) is 0 Å². The molecule has 0 amide bonds. The fourth-order valence-corrected chi connectivity index (χ4v) is 2.22. The lowest BCUT2D eigenvalue weighted by Gasteiger charge is -2.11. The van der Waals surface area contributed by atoms with E-state index in [9.17, 15) is 0 Å². The van der Waals surface area contributed by atoms with Crippen molar-refractivity contribution in [2.75, 3.05) is 14.2 Å². The Kier molecular flexibility index (Phi) is 4.99. The molecule has 0 aromatic heterocycles. The molecule has 0 unspecified atom stereocenters. The Morgan fingerprint density at radius 3 is 1.95 bits per heavy atom. The van der Waals surface area contributed by atoms with E-state index < -0.39 is 0 Å². The van der Waals surface area contributed by atoms with Crippen LogP contribution in [0.4, 0.5) is 0 Å². The SMILES string of the molecule is COc1cc(OC)cc(Oc2ccc(CCl)c(Cl)c2)c1. The molecular weight excluding hydrogens is 299 g/mol. The molecule has 0 fully saturated rings. The van der Waals surface area contributed by atoms with Crippen LogP contribution in [0.1, 0.15) is 5.56 Å². The van der Waals surface area contributed by atoms with Gasteiger partial charge in [-0.3, -0.25) is 0 Å². The summed E-state index contributed by atoms with van der Waals surface area (Å²) in [4.78, 5) is 0. The predicted molar refractivity (Wildman–Crippen MR) is 80.6 cm³/mol. The molecule has 0 spiro atoms. The number of rotatable bonds is 5. The van der Waals surface area contributed by atoms with Crippen molar-refractivity contribution in [2.24, 2.45) is 0 Å². The molecule has 106 valence electrons. The molecule has 0 N–H and O–H groups in total. The molecule has 0 radical (unpaired) electrons. The molecule has 0 aliphatic carbocycles. The molecule has 0 heterocycles. The van der Waals surface area contributed by atoms with Gasteiger partial charge in [-0.2, -0.15) is 0 Å². The summed E-state index contributed by atoms with van der Waals surface area (Å²) in [6, 6.07) is 10.7. The van der Waals surface area contributed by atoms with E-state index in [-0.39, 0.29) is 0 Å². The summed E-state index contributed by atoms with van der Waals surface area (Å²) in [5, 5.41) is 0.576. The number of alkyl halides is 1. The molecule has 0 atom stereocenters. The quantitative estimate of drug-likeness (QED) is 0.736. The van der Waals surface area contributed by atoms with E-state index in [1.54, 1.807) is 38.5 Å². The van der Waals surface area contributed by atoms with Gasteiger partial charge >= 0.3 is 0 Å². The zero-order valence-corrected chi connectivity index (χ0v) is 12.7. The van der Waals surface area contributed by atoms with E-state index in [4.69, 9.17) is 37.4 Å². The van der Waals surface area contributed by atoms with Gasteiger partial charge in [0.15, 0.2) is 0 Å². The van der Waals surface area contributed by atoms with E-state index >= 15 is 0 Å². The Balaban J connectivity index is 2.27. The Morgan fingerprint density at radius 2 is 1.45 bits per heavy atom. The first-order valence-electron chi connectivity index (χ1n) is 5.91. The van der Waals surface area contributed by atoms with E-state index in [0.717, 1.165) is 5.56 Å². The van der Waals surface area contributed by atoms with Gasteiger partial charge in [-0.1, -0.05) is 17.7 Å². The second kappa shape index (κ2) is 6.73. The number of hydrogen-bond acceptors (Lipinski definition) is 3. The Hall–Kier alpha value is -1.58. The van der Waals surface area contributed by atoms with Crippen molar-refractivity contribution >= 4 is 23.2 Å². The van der Waals surface area contributed by atoms with Crippen LogP contribution in [-0.2, 0) is 5.88 Å². The van der Waals surface area contributed by atoms with E-state index in [0.29, 0.717) is 33.9 Å². The molecule has 3 nitrogen and oxygen atoms in total. The topological polar surface area (TPSA) is 27.7 Å². The number of methoxy groups -OCH3 is 2. The van der Waals surface area contributed by atoms with Gasteiger partial charge in [-0.15, -0.1) is 11.6 Å². The smallest absolute Gasteiger partial charge is 0.134 e. The monoisotopic (exact) mass is 312 g/mol. The molecule has 0 bridgehead atoms. The van der Waals surface area contributed by atoms with E-state index in [1.807, 2.05) is 12.1 Å². The van der Waals surface area contributed by atoms with Gasteiger partial charge in [0.2, 0.25) is 0 Å². The maximum atomic E-state index is 6.10. The van der Waals surface area contributed by atoms with Gasteiger partial charge in [-0.05, 0) is 17.7 Å². The van der Waals surface area contributed by atoms with Crippen LogP contribution in [0.5, 0.6) is 23.0 Å². The highest BCUT2D eigenvalue weighted by atomic mass is 35.5. The molecule has 20 heavy (non-hydrogen) atoms. The summed E-state index contributed by atoms with van der Waals surface area (Å²) in [7, 11) is 3.18. The highest BCUT2D eigenvalue weighted by Crippen LogP contribution is 2.32. The lowest BCUT2D eigenvalue weighted by molar-refractivity contribution is 0.386. The van der Waals surface area contributed by atoms with Gasteiger partial charge in [0.1, 0.15) is 23.0 Å². The largest absolute Gasteiger partial charge is 0.496 e. The predicted octanol–water partition coefficient (Wildman–Crippen LogP) is 4.89. The third-order valence-electron chi connectivity index (χ3n) is 2.73. The van der Waals surface area contributed by atoms with Crippen molar-refractivity contribution in [1.82, 2.24) is 0 Å². The van der Waals surface area contributed by atoms with Crippen molar-refractivity contribution in [3.05, 3.63) is 47.0 Å². The van der Waals surface area contributed by atoms with Gasteiger partial charge < -0.3 is 14.2 Å². The van der Waals surface area contributed by atoms with Crippen molar-refractivity contribution in [3.63, 3.8) is 0 Å². The Labute approximate surface area is 128 Å². The molecule has 2 rings (SSSR count). The molecule has 0 saturated carbocycles. The second-order valence-corrected chi connectivity index (χ2v) is 4.71. The molecule has 2 aromatic rings. The molecule has 0 aliphatic heterocycles. The molecule has 0 saturated heterocycles. The first-order valence-corrected chi connectivity index (χ1v) is 6.83. The highest BCUT2D eigenvalue weighted by Gasteiger charge is 2.06. The Morgan fingerprint density at radius 1 is 0.850 bits per heavy atom. The normalized spacial score (nSPS) is 10.2. The number of benzene rings is 2. The Bertz CT molecular complexity index is 577. The average molecular weight is 313 g/mol. The van der Waals surface area contributed by atoms with Crippen LogP contribution in [-0.4, -0.2) is 14.2 Å². The van der Waals surface area contributed by atoms with Gasteiger partial charge in [0.25, 0.3) is 0 Å². The van der Waals surface area contributed by atoms with Crippen LogP contribution in [0, 0.1) is 0 Å². The average Bonchev–Trinajstić information content (AvgIpc) is 2.47. The van der Waals surface area contributed by atoms with E-state index in [1.165, 1.54) is 0 Å². The highest BCUT2D eigenvalue weighted by molar-refractivity contribution is 6.32. The van der Waals surface area contributed by atoms with Crippen LogP contribution >= 0.6 is 23.2 Å². The summed E-state index contributed by atoms with van der Waals surface area (Å²) >= 11 is 11.9. The standard InChI is InChI=1S/C15H14Cl2O3/c1-18-12-5-13(19-2)7-14(6-12)20-11-4-3-10(9-16)15(17)8-11/h3-8H,9H2,1-2H3. The minimum atomic E-state index is 0.367. The number of halogens is 2. The van der Waals surface area contributed by atoms with Crippen LogP contribution in [0.25, 0.3) is 0 Å². The summed E-state index contributed by atoms with van der Waals surface area (Å²) in [6.45, 7) is 0. The maximum Gasteiger partial charge on any atom is 0.134 e. The number of hydrogen-bond donors (Lipinski definition) is 0. The molecule has 0 aliphatic rings. The summed E-state index contributed by atoms with van der Waals surface area (Å²) in [6.07, 6.45) is 0. The molecule has 5 heteroatoms. The minimum Gasteiger partial charge on any atom is -0.496 e. The summed E-state index contributed by atoms with van der Waals surface area (Å²) in [5.74, 6) is 2.91. The third-order valence-corrected chi connectivity index (χ3v) is 3.37. The molecule has 2 aromatic carbocycles. The van der Waals surface area contributed by atoms with Gasteiger partial charge in [-0.25, -0.2) is 0 Å². The van der Waals surface area contributed by atoms with Crippen LogP contribution < -0.4 is 14.2 Å². The second-order valence-electron chi connectivity index (χ2n) is 4.04. The van der Waals surface area contributed by atoms with Crippen LogP contribution in [0.2, 0.25) is 5.02 Å². The third kappa shape index (κ3) is 3.50. The van der Waals surface area contributed by atoms with Crippen molar-refractivity contribution in [2.45, 2.75) is 5.88 Å². The lowest BCUT2D eigenvalue weighted by Crippen LogP contribution is -1.91. The maximum absolute atomic E-state index is 6.10. The number of ether oxygens (including phenoxy) is 3. The first-order chi connectivity index (χ1) is 9.66. The van der Waals surface area contributed by atoms with Gasteiger partial charge in [0.05, 0.1) is 14.2 Å². The van der Waals surface area contributed by atoms with Crippen molar-refractivity contribution < 1.29 is 14.2 Å². The van der Waals surface area contributed by atoms with Gasteiger partial charge in [0, 0.05) is 29.1 Å². The molecular formula is C15H14Cl2O3. The fraction of sp³-hybridized carbons (Fsp3) is 0.200. The summed E-state index contributed by atoms with van der Waals surface area (Å²) < 4.78 is 16.1.